The molecule has 2 aromatic rings. The number of halogens is 3. The van der Waals surface area contributed by atoms with Crippen molar-refractivity contribution in [2.24, 2.45) is 0 Å². The molecule has 0 saturated heterocycles. The van der Waals surface area contributed by atoms with E-state index in [0.29, 0.717) is 0 Å². The fourth-order valence-electron chi connectivity index (χ4n) is 1.85. The largest absolute Gasteiger partial charge is 0.306 e. The maximum absolute atomic E-state index is 13.4. The second kappa shape index (κ2) is 6.59. The smallest absolute Gasteiger partial charge is 0.159 e. The maximum Gasteiger partial charge on any atom is 0.159 e. The lowest BCUT2D eigenvalue weighted by molar-refractivity contribution is 0.503. The molecule has 0 bridgehead atoms. The van der Waals surface area contributed by atoms with Gasteiger partial charge in [-0.25, -0.2) is 8.78 Å². The summed E-state index contributed by atoms with van der Waals surface area (Å²) in [6, 6.07) is 7.90. The summed E-state index contributed by atoms with van der Waals surface area (Å²) in [5.74, 6) is -1.62. The van der Waals surface area contributed by atoms with Crippen LogP contribution < -0.4 is 5.32 Å². The minimum Gasteiger partial charge on any atom is -0.306 e. The summed E-state index contributed by atoms with van der Waals surface area (Å²) in [5, 5.41) is 3.36. The van der Waals surface area contributed by atoms with E-state index in [1.54, 1.807) is 17.4 Å². The van der Waals surface area contributed by atoms with Crippen molar-refractivity contribution in [1.82, 2.24) is 5.32 Å². The Labute approximate surface area is 123 Å². The molecule has 0 fully saturated rings. The molecule has 0 aliphatic heterocycles. The van der Waals surface area contributed by atoms with Crippen LogP contribution in [-0.2, 0) is 0 Å². The van der Waals surface area contributed by atoms with Crippen LogP contribution in [0.3, 0.4) is 0 Å². The SMILES string of the molecule is CCCNC(c1ccc(F)c(F)c1)c1ccc(Br)s1. The summed E-state index contributed by atoms with van der Waals surface area (Å²) >= 11 is 5.01. The molecular weight excluding hydrogens is 332 g/mol. The molecule has 5 heteroatoms. The third-order valence-corrected chi connectivity index (χ3v) is 4.44. The quantitative estimate of drug-likeness (QED) is 0.814. The fourth-order valence-corrected chi connectivity index (χ4v) is 3.37. The molecule has 1 nitrogen and oxygen atoms in total. The molecule has 0 radical (unpaired) electrons. The monoisotopic (exact) mass is 345 g/mol. The Morgan fingerprint density at radius 2 is 2.00 bits per heavy atom. The summed E-state index contributed by atoms with van der Waals surface area (Å²) in [4.78, 5) is 1.08. The van der Waals surface area contributed by atoms with Crippen molar-refractivity contribution >= 4 is 27.3 Å². The van der Waals surface area contributed by atoms with E-state index in [0.717, 1.165) is 27.2 Å². The number of hydrogen-bond acceptors (Lipinski definition) is 2. The van der Waals surface area contributed by atoms with Crippen molar-refractivity contribution in [3.63, 3.8) is 0 Å². The predicted octanol–water partition coefficient (Wildman–Crippen LogP) is 4.88. The van der Waals surface area contributed by atoms with Crippen LogP contribution in [-0.4, -0.2) is 6.54 Å². The summed E-state index contributed by atoms with van der Waals surface area (Å²) in [5.41, 5.74) is 0.738. The van der Waals surface area contributed by atoms with Gasteiger partial charge in [0.2, 0.25) is 0 Å². The Morgan fingerprint density at radius 1 is 1.21 bits per heavy atom. The van der Waals surface area contributed by atoms with Crippen molar-refractivity contribution in [3.8, 4) is 0 Å². The first kappa shape index (κ1) is 14.6. The van der Waals surface area contributed by atoms with E-state index < -0.39 is 11.6 Å². The molecule has 1 N–H and O–H groups in total. The van der Waals surface area contributed by atoms with Crippen LogP contribution in [0, 0.1) is 11.6 Å². The van der Waals surface area contributed by atoms with Crippen LogP contribution in [0.25, 0.3) is 0 Å². The average molecular weight is 346 g/mol. The molecule has 1 heterocycles. The lowest BCUT2D eigenvalue weighted by atomic mass is 10.0. The molecule has 0 saturated carbocycles. The Balaban J connectivity index is 2.33. The lowest BCUT2D eigenvalue weighted by Crippen LogP contribution is -2.22. The van der Waals surface area contributed by atoms with Crippen LogP contribution >= 0.6 is 27.3 Å². The first-order valence-electron chi connectivity index (χ1n) is 6.05. The molecule has 1 aromatic carbocycles. The van der Waals surface area contributed by atoms with Crippen LogP contribution in [0.1, 0.15) is 29.8 Å². The van der Waals surface area contributed by atoms with Crippen molar-refractivity contribution in [2.75, 3.05) is 6.54 Å². The van der Waals surface area contributed by atoms with Crippen LogP contribution in [0.4, 0.5) is 8.78 Å². The van der Waals surface area contributed by atoms with Gasteiger partial charge < -0.3 is 5.32 Å². The van der Waals surface area contributed by atoms with Gasteiger partial charge in [0.05, 0.1) is 9.83 Å². The molecule has 19 heavy (non-hydrogen) atoms. The second-order valence-corrected chi connectivity index (χ2v) is 6.70. The van der Waals surface area contributed by atoms with Crippen LogP contribution in [0.5, 0.6) is 0 Å². The van der Waals surface area contributed by atoms with E-state index in [1.807, 2.05) is 12.1 Å². The van der Waals surface area contributed by atoms with Gasteiger partial charge in [-0.15, -0.1) is 11.3 Å². The summed E-state index contributed by atoms with van der Waals surface area (Å²) < 4.78 is 27.4. The fraction of sp³-hybridized carbons (Fsp3) is 0.286. The van der Waals surface area contributed by atoms with Gasteiger partial charge in [0.15, 0.2) is 11.6 Å². The van der Waals surface area contributed by atoms with E-state index in [9.17, 15) is 8.78 Å². The molecule has 2 rings (SSSR count). The highest BCUT2D eigenvalue weighted by molar-refractivity contribution is 9.11. The molecule has 102 valence electrons. The van der Waals surface area contributed by atoms with Gasteiger partial charge in [0, 0.05) is 4.88 Å². The number of rotatable bonds is 5. The average Bonchev–Trinajstić information content (AvgIpc) is 2.80. The highest BCUT2D eigenvalue weighted by Crippen LogP contribution is 2.31. The van der Waals surface area contributed by atoms with E-state index in [-0.39, 0.29) is 6.04 Å². The Morgan fingerprint density at radius 3 is 2.58 bits per heavy atom. The van der Waals surface area contributed by atoms with Gasteiger partial charge in [0.1, 0.15) is 0 Å². The summed E-state index contributed by atoms with van der Waals surface area (Å²) in [6.07, 6.45) is 0.979. The van der Waals surface area contributed by atoms with Gasteiger partial charge in [-0.05, 0) is 58.7 Å². The maximum atomic E-state index is 13.4. The van der Waals surface area contributed by atoms with Crippen LogP contribution in [0.2, 0.25) is 0 Å². The highest BCUT2D eigenvalue weighted by atomic mass is 79.9. The first-order valence-corrected chi connectivity index (χ1v) is 7.66. The van der Waals surface area contributed by atoms with Crippen LogP contribution in [0.15, 0.2) is 34.1 Å². The van der Waals surface area contributed by atoms with E-state index >= 15 is 0 Å². The molecule has 1 aromatic heterocycles. The predicted molar refractivity (Wildman–Crippen MR) is 78.5 cm³/mol. The Bertz CT molecular complexity index is 556. The normalized spacial score (nSPS) is 12.6. The number of thiophene rings is 1. The third kappa shape index (κ3) is 3.61. The Kier molecular flexibility index (Phi) is 5.07. The summed E-state index contributed by atoms with van der Waals surface area (Å²) in [6.45, 7) is 2.89. The molecule has 0 aliphatic carbocycles. The Hall–Kier alpha value is -0.780. The van der Waals surface area contributed by atoms with Gasteiger partial charge in [-0.2, -0.15) is 0 Å². The second-order valence-electron chi connectivity index (χ2n) is 4.20. The third-order valence-electron chi connectivity index (χ3n) is 2.75. The minimum atomic E-state index is -0.814. The molecular formula is C14H14BrF2NS. The zero-order chi connectivity index (χ0) is 13.8. The zero-order valence-corrected chi connectivity index (χ0v) is 12.8. The van der Waals surface area contributed by atoms with Crippen molar-refractivity contribution in [1.29, 1.82) is 0 Å². The van der Waals surface area contributed by atoms with Gasteiger partial charge >= 0.3 is 0 Å². The minimum absolute atomic E-state index is 0.105. The van der Waals surface area contributed by atoms with Gasteiger partial charge in [0.25, 0.3) is 0 Å². The highest BCUT2D eigenvalue weighted by Gasteiger charge is 2.17. The number of benzene rings is 1. The van der Waals surface area contributed by atoms with E-state index in [4.69, 9.17) is 0 Å². The molecule has 1 atom stereocenters. The van der Waals surface area contributed by atoms with Gasteiger partial charge in [-0.1, -0.05) is 13.0 Å². The van der Waals surface area contributed by atoms with Crippen molar-refractivity contribution in [3.05, 3.63) is 56.2 Å². The number of hydrogen-bond donors (Lipinski definition) is 1. The molecule has 0 aliphatic rings. The molecule has 0 spiro atoms. The first-order chi connectivity index (χ1) is 9.11. The number of nitrogens with one attached hydrogen (secondary N) is 1. The lowest BCUT2D eigenvalue weighted by Gasteiger charge is -2.17. The van der Waals surface area contributed by atoms with Crippen molar-refractivity contribution < 1.29 is 8.78 Å². The van der Waals surface area contributed by atoms with E-state index in [1.165, 1.54) is 12.1 Å². The zero-order valence-electron chi connectivity index (χ0n) is 10.4. The van der Waals surface area contributed by atoms with E-state index in [2.05, 4.69) is 28.2 Å². The summed E-state index contributed by atoms with van der Waals surface area (Å²) in [7, 11) is 0. The standard InChI is InChI=1S/C14H14BrF2NS/c1-2-7-18-14(12-5-6-13(15)19-12)9-3-4-10(16)11(17)8-9/h3-6,8,14,18H,2,7H2,1H3. The van der Waals surface area contributed by atoms with Gasteiger partial charge in [-0.3, -0.25) is 0 Å². The molecule has 0 amide bonds. The molecule has 1 unspecified atom stereocenters. The van der Waals surface area contributed by atoms with Crippen molar-refractivity contribution in [2.45, 2.75) is 19.4 Å². The topological polar surface area (TPSA) is 12.0 Å².